The molecule has 0 aliphatic carbocycles. The van der Waals surface area contributed by atoms with Gasteiger partial charge in [-0.05, 0) is 0 Å². The van der Waals surface area contributed by atoms with Gasteiger partial charge >= 0.3 is 11.9 Å². The Hall–Kier alpha value is -2.32. The van der Waals surface area contributed by atoms with Crippen molar-refractivity contribution in [3.8, 4) is 0 Å². The van der Waals surface area contributed by atoms with Crippen LogP contribution < -0.4 is 11.5 Å². The number of aliphatic carboxylic acids is 2. The fraction of sp³-hybridized carbons (Fsp3) is 0. The summed E-state index contributed by atoms with van der Waals surface area (Å²) in [7, 11) is 0. The third-order valence-corrected chi connectivity index (χ3v) is 0.703. The van der Waals surface area contributed by atoms with E-state index in [4.69, 9.17) is 31.3 Å². The average Bonchev–Trinajstić information content (AvgIpc) is 2.35. The van der Waals surface area contributed by atoms with E-state index in [1.165, 1.54) is 0 Å². The number of nitrogens with two attached hydrogens (primary N) is 2. The highest BCUT2D eigenvalue weighted by Crippen LogP contribution is 1.89. The molecule has 0 radical (unpaired) electrons. The molecule has 9 nitrogen and oxygen atoms in total. The third-order valence-electron chi connectivity index (χ3n) is 0.703. The van der Waals surface area contributed by atoms with Crippen molar-refractivity contribution in [1.82, 2.24) is 15.2 Å². The van der Waals surface area contributed by atoms with Crippen LogP contribution in [0.1, 0.15) is 0 Å². The molecule has 0 spiro atoms. The molecule has 1 aromatic rings. The Morgan fingerprint density at radius 1 is 1.23 bits per heavy atom. The van der Waals surface area contributed by atoms with Gasteiger partial charge in [-0.25, -0.2) is 14.7 Å². The zero-order valence-electron chi connectivity index (χ0n) is 6.26. The van der Waals surface area contributed by atoms with Crippen LogP contribution >= 0.6 is 0 Å². The lowest BCUT2D eigenvalue weighted by Gasteiger charge is -1.72. The van der Waals surface area contributed by atoms with Gasteiger partial charge in [0, 0.05) is 0 Å². The molecule has 72 valence electrons. The molecule has 0 saturated carbocycles. The van der Waals surface area contributed by atoms with Crippen LogP contribution in [0.5, 0.6) is 0 Å². The zero-order valence-corrected chi connectivity index (χ0v) is 6.26. The fourth-order valence-electron chi connectivity index (χ4n) is 0.288. The molecule has 1 heterocycles. The van der Waals surface area contributed by atoms with Crippen LogP contribution in [0, 0.1) is 0 Å². The van der Waals surface area contributed by atoms with Gasteiger partial charge in [0.15, 0.2) is 0 Å². The molecule has 0 saturated heterocycles. The van der Waals surface area contributed by atoms with Gasteiger partial charge in [0.05, 0.1) is 0 Å². The van der Waals surface area contributed by atoms with Crippen LogP contribution in [0.4, 0.5) is 11.9 Å². The van der Waals surface area contributed by atoms with Crippen LogP contribution in [0.25, 0.3) is 0 Å². The van der Waals surface area contributed by atoms with Gasteiger partial charge in [-0.3, -0.25) is 0 Å². The van der Waals surface area contributed by atoms with Crippen molar-refractivity contribution >= 4 is 23.8 Å². The summed E-state index contributed by atoms with van der Waals surface area (Å²) in [5.74, 6) is -3.22. The lowest BCUT2D eigenvalue weighted by atomic mass is 10.7. The molecule has 0 amide bonds. The van der Waals surface area contributed by atoms with Gasteiger partial charge in [0.25, 0.3) is 0 Å². The number of anilines is 2. The number of carboxylic acids is 2. The number of H-pyrrole nitrogens is 1. The van der Waals surface area contributed by atoms with Gasteiger partial charge in [-0.1, -0.05) is 0 Å². The first-order valence-corrected chi connectivity index (χ1v) is 2.83. The Bertz CT molecular complexity index is 279. The molecule has 0 unspecified atom stereocenters. The number of nitrogen functional groups attached to an aromatic ring is 2. The predicted molar refractivity (Wildman–Crippen MR) is 40.5 cm³/mol. The summed E-state index contributed by atoms with van der Waals surface area (Å²) in [6.07, 6.45) is 0. The van der Waals surface area contributed by atoms with E-state index in [-0.39, 0.29) is 11.9 Å². The maximum absolute atomic E-state index is 9.10. The minimum Gasteiger partial charge on any atom is -0.473 e. The largest absolute Gasteiger partial charge is 0.473 e. The highest BCUT2D eigenvalue weighted by atomic mass is 16.4. The Morgan fingerprint density at radius 3 is 1.77 bits per heavy atom. The van der Waals surface area contributed by atoms with Crippen molar-refractivity contribution < 1.29 is 19.8 Å². The second-order valence-electron chi connectivity index (χ2n) is 1.69. The smallest absolute Gasteiger partial charge is 0.414 e. The van der Waals surface area contributed by atoms with Gasteiger partial charge in [-0.15, -0.1) is 5.10 Å². The van der Waals surface area contributed by atoms with Crippen LogP contribution in [-0.4, -0.2) is 37.3 Å². The molecule has 0 aliphatic heterocycles. The van der Waals surface area contributed by atoms with E-state index in [2.05, 4.69) is 15.2 Å². The first-order chi connectivity index (χ1) is 5.93. The molecule has 0 aromatic carbocycles. The molecular formula is C4H7N5O4. The van der Waals surface area contributed by atoms with Gasteiger partial charge in [0.1, 0.15) is 0 Å². The third kappa shape index (κ3) is 5.01. The molecular weight excluding hydrogens is 182 g/mol. The number of hydrogen-bond acceptors (Lipinski definition) is 6. The lowest BCUT2D eigenvalue weighted by Crippen LogP contribution is -2.09. The SMILES string of the molecule is Nc1n[nH]c(N)n1.O=C(O)C(=O)O. The molecule has 7 N–H and O–H groups in total. The second-order valence-corrected chi connectivity index (χ2v) is 1.69. The number of rotatable bonds is 0. The molecule has 0 atom stereocenters. The van der Waals surface area contributed by atoms with Gasteiger partial charge in [-0.2, -0.15) is 4.98 Å². The summed E-state index contributed by atoms with van der Waals surface area (Å²) in [6.45, 7) is 0. The summed E-state index contributed by atoms with van der Waals surface area (Å²) in [5.41, 5.74) is 10.1. The summed E-state index contributed by atoms with van der Waals surface area (Å²) >= 11 is 0. The van der Waals surface area contributed by atoms with Crippen LogP contribution in [0.2, 0.25) is 0 Å². The van der Waals surface area contributed by atoms with E-state index in [1.807, 2.05) is 0 Å². The monoisotopic (exact) mass is 189 g/mol. The summed E-state index contributed by atoms with van der Waals surface area (Å²) < 4.78 is 0. The van der Waals surface area contributed by atoms with Gasteiger partial charge < -0.3 is 21.7 Å². The maximum atomic E-state index is 9.10. The van der Waals surface area contributed by atoms with Crippen LogP contribution in [0.3, 0.4) is 0 Å². The van der Waals surface area contributed by atoms with Crippen molar-refractivity contribution in [1.29, 1.82) is 0 Å². The first kappa shape index (κ1) is 10.7. The van der Waals surface area contributed by atoms with E-state index < -0.39 is 11.9 Å². The molecule has 13 heavy (non-hydrogen) atoms. The topological polar surface area (TPSA) is 168 Å². The molecule has 1 rings (SSSR count). The Labute approximate surface area is 71.4 Å². The summed E-state index contributed by atoms with van der Waals surface area (Å²) in [5, 5.41) is 20.6. The Morgan fingerprint density at radius 2 is 1.69 bits per heavy atom. The molecule has 0 aliphatic rings. The van der Waals surface area contributed by atoms with E-state index >= 15 is 0 Å². The van der Waals surface area contributed by atoms with Crippen molar-refractivity contribution in [3.05, 3.63) is 0 Å². The van der Waals surface area contributed by atoms with Crippen molar-refractivity contribution in [2.45, 2.75) is 0 Å². The standard InChI is InChI=1S/C2H5N5.C2H2O4/c3-1-5-2(4)7-6-1;3-1(4)2(5)6/h(H5,3,4,5,6,7);(H,3,4)(H,5,6). The molecule has 0 bridgehead atoms. The van der Waals surface area contributed by atoms with E-state index in [9.17, 15) is 0 Å². The Balaban J connectivity index is 0.000000226. The predicted octanol–water partition coefficient (Wildman–Crippen LogP) is -1.88. The number of nitrogens with one attached hydrogen (secondary N) is 1. The first-order valence-electron chi connectivity index (χ1n) is 2.83. The number of carbonyl (C=O) groups is 2. The van der Waals surface area contributed by atoms with Crippen molar-refractivity contribution in [3.63, 3.8) is 0 Å². The minimum absolute atomic E-state index is 0.178. The Kier molecular flexibility index (Phi) is 3.73. The normalized spacial score (nSPS) is 8.31. The number of aromatic nitrogens is 3. The zero-order chi connectivity index (χ0) is 10.4. The lowest BCUT2D eigenvalue weighted by molar-refractivity contribution is -0.159. The molecule has 0 fully saturated rings. The van der Waals surface area contributed by atoms with Crippen LogP contribution in [0.15, 0.2) is 0 Å². The summed E-state index contributed by atoms with van der Waals surface area (Å²) in [6, 6.07) is 0. The quantitative estimate of drug-likeness (QED) is 0.295. The highest BCUT2D eigenvalue weighted by molar-refractivity contribution is 6.27. The molecule has 1 aromatic heterocycles. The van der Waals surface area contributed by atoms with Gasteiger partial charge in [0.2, 0.25) is 11.9 Å². The molecule has 9 heteroatoms. The van der Waals surface area contributed by atoms with E-state index in [0.29, 0.717) is 0 Å². The number of nitrogens with zero attached hydrogens (tertiary/aromatic N) is 2. The number of carboxylic acid groups (broad SMARTS) is 2. The minimum atomic E-state index is -1.82. The number of aromatic amines is 1. The summed E-state index contributed by atoms with van der Waals surface area (Å²) in [4.78, 5) is 21.7. The second kappa shape index (κ2) is 4.54. The average molecular weight is 189 g/mol. The van der Waals surface area contributed by atoms with Crippen molar-refractivity contribution in [2.24, 2.45) is 0 Å². The fourth-order valence-corrected chi connectivity index (χ4v) is 0.288. The van der Waals surface area contributed by atoms with Crippen molar-refractivity contribution in [2.75, 3.05) is 11.5 Å². The highest BCUT2D eigenvalue weighted by Gasteiger charge is 2.04. The number of hydrogen-bond donors (Lipinski definition) is 5. The van der Waals surface area contributed by atoms with E-state index in [1.54, 1.807) is 0 Å². The maximum Gasteiger partial charge on any atom is 0.414 e. The van der Waals surface area contributed by atoms with Crippen LogP contribution in [-0.2, 0) is 9.59 Å². The van der Waals surface area contributed by atoms with E-state index in [0.717, 1.165) is 0 Å².